The third kappa shape index (κ3) is 3.57. The van der Waals surface area contributed by atoms with Crippen LogP contribution in [0.5, 0.6) is 5.75 Å². The summed E-state index contributed by atoms with van der Waals surface area (Å²) >= 11 is 3.19. The van der Waals surface area contributed by atoms with Gasteiger partial charge in [0.2, 0.25) is 0 Å². The van der Waals surface area contributed by atoms with Gasteiger partial charge in [0, 0.05) is 4.47 Å². The molecule has 0 heterocycles. The third-order valence-electron chi connectivity index (χ3n) is 2.65. The Morgan fingerprint density at radius 1 is 1.25 bits per heavy atom. The van der Waals surface area contributed by atoms with E-state index in [0.29, 0.717) is 10.2 Å². The molecule has 0 aliphatic rings. The molecule has 0 aliphatic carbocycles. The summed E-state index contributed by atoms with van der Waals surface area (Å²) in [6, 6.07) is 11.3. The number of rotatable bonds is 4. The van der Waals surface area contributed by atoms with Crippen LogP contribution in [-0.2, 0) is 11.3 Å². The summed E-state index contributed by atoms with van der Waals surface area (Å²) < 4.78 is 24.3. The second kappa shape index (κ2) is 6.52. The van der Waals surface area contributed by atoms with E-state index in [-0.39, 0.29) is 12.2 Å². The summed E-state index contributed by atoms with van der Waals surface area (Å²) in [5.74, 6) is -0.636. The average Bonchev–Trinajstić information content (AvgIpc) is 2.47. The number of halogens is 2. The molecule has 20 heavy (non-hydrogen) atoms. The van der Waals surface area contributed by atoms with Crippen molar-refractivity contribution in [3.05, 3.63) is 63.9 Å². The maximum atomic E-state index is 13.5. The Morgan fingerprint density at radius 2 is 2.05 bits per heavy atom. The van der Waals surface area contributed by atoms with Gasteiger partial charge in [-0.1, -0.05) is 28.1 Å². The van der Waals surface area contributed by atoms with Crippen molar-refractivity contribution in [2.45, 2.75) is 6.61 Å². The van der Waals surface area contributed by atoms with Crippen molar-refractivity contribution in [2.75, 3.05) is 7.11 Å². The van der Waals surface area contributed by atoms with E-state index in [9.17, 15) is 9.18 Å². The Bertz CT molecular complexity index is 628. The summed E-state index contributed by atoms with van der Waals surface area (Å²) in [4.78, 5) is 11.8. The number of benzene rings is 2. The first kappa shape index (κ1) is 14.5. The summed E-state index contributed by atoms with van der Waals surface area (Å²) in [6.45, 7) is 0.0575. The van der Waals surface area contributed by atoms with Crippen molar-refractivity contribution in [3.63, 3.8) is 0 Å². The highest BCUT2D eigenvalue weighted by atomic mass is 79.9. The molecule has 0 amide bonds. The summed E-state index contributed by atoms with van der Waals surface area (Å²) in [7, 11) is 1.56. The standard InChI is InChI=1S/C15H12BrFO3/c1-19-12-4-2-3-10(7-12)9-20-15(18)13-8-11(16)5-6-14(13)17/h2-8H,9H2,1H3. The molecule has 0 saturated carbocycles. The molecular formula is C15H12BrFO3. The fourth-order valence-corrected chi connectivity index (χ4v) is 2.00. The van der Waals surface area contributed by atoms with Crippen LogP contribution in [0.1, 0.15) is 15.9 Å². The number of esters is 1. The van der Waals surface area contributed by atoms with Crippen LogP contribution < -0.4 is 4.74 Å². The maximum Gasteiger partial charge on any atom is 0.341 e. The average molecular weight is 339 g/mol. The molecule has 0 unspecified atom stereocenters. The molecule has 0 atom stereocenters. The van der Waals surface area contributed by atoms with Gasteiger partial charge in [0.1, 0.15) is 18.2 Å². The highest BCUT2D eigenvalue weighted by Crippen LogP contribution is 2.18. The lowest BCUT2D eigenvalue weighted by Gasteiger charge is -2.07. The molecule has 0 aromatic heterocycles. The number of carbonyl (C=O) groups is 1. The zero-order valence-electron chi connectivity index (χ0n) is 10.7. The van der Waals surface area contributed by atoms with E-state index in [1.54, 1.807) is 31.4 Å². The van der Waals surface area contributed by atoms with Crippen molar-refractivity contribution in [1.82, 2.24) is 0 Å². The Morgan fingerprint density at radius 3 is 2.80 bits per heavy atom. The molecule has 2 aromatic carbocycles. The SMILES string of the molecule is COc1cccc(COC(=O)c2cc(Br)ccc2F)c1. The molecule has 0 saturated heterocycles. The molecule has 0 spiro atoms. The van der Waals surface area contributed by atoms with Gasteiger partial charge >= 0.3 is 5.97 Å². The first-order valence-corrected chi connectivity index (χ1v) is 6.64. The number of hydrogen-bond donors (Lipinski definition) is 0. The van der Waals surface area contributed by atoms with Crippen LogP contribution in [0.2, 0.25) is 0 Å². The van der Waals surface area contributed by atoms with E-state index in [0.717, 1.165) is 5.56 Å². The number of methoxy groups -OCH3 is 1. The van der Waals surface area contributed by atoms with Crippen LogP contribution in [0.4, 0.5) is 4.39 Å². The number of carbonyl (C=O) groups excluding carboxylic acids is 1. The van der Waals surface area contributed by atoms with Crippen LogP contribution in [0, 0.1) is 5.82 Å². The zero-order valence-corrected chi connectivity index (χ0v) is 12.3. The zero-order chi connectivity index (χ0) is 14.5. The maximum absolute atomic E-state index is 13.5. The van der Waals surface area contributed by atoms with Gasteiger partial charge in [-0.25, -0.2) is 9.18 Å². The number of hydrogen-bond acceptors (Lipinski definition) is 3. The van der Waals surface area contributed by atoms with E-state index in [1.165, 1.54) is 18.2 Å². The van der Waals surface area contributed by atoms with E-state index >= 15 is 0 Å². The molecule has 0 radical (unpaired) electrons. The predicted octanol–water partition coefficient (Wildman–Crippen LogP) is 3.95. The van der Waals surface area contributed by atoms with Crippen molar-refractivity contribution < 1.29 is 18.7 Å². The van der Waals surface area contributed by atoms with Crippen LogP contribution in [0.15, 0.2) is 46.9 Å². The lowest BCUT2D eigenvalue weighted by Crippen LogP contribution is -2.07. The molecule has 2 aromatic rings. The summed E-state index contributed by atoms with van der Waals surface area (Å²) in [5, 5.41) is 0. The molecule has 0 aliphatic heterocycles. The Balaban J connectivity index is 2.06. The first-order valence-electron chi connectivity index (χ1n) is 5.85. The van der Waals surface area contributed by atoms with Gasteiger partial charge in [-0.05, 0) is 35.9 Å². The van der Waals surface area contributed by atoms with E-state index in [1.807, 2.05) is 0 Å². The first-order chi connectivity index (χ1) is 9.60. The highest BCUT2D eigenvalue weighted by molar-refractivity contribution is 9.10. The minimum atomic E-state index is -0.702. The van der Waals surface area contributed by atoms with Crippen molar-refractivity contribution in [3.8, 4) is 5.75 Å². The van der Waals surface area contributed by atoms with Crippen LogP contribution >= 0.6 is 15.9 Å². The molecule has 2 rings (SSSR count). The monoisotopic (exact) mass is 338 g/mol. The third-order valence-corrected chi connectivity index (χ3v) is 3.15. The van der Waals surface area contributed by atoms with E-state index in [2.05, 4.69) is 15.9 Å². The Kier molecular flexibility index (Phi) is 4.74. The molecule has 3 nitrogen and oxygen atoms in total. The van der Waals surface area contributed by atoms with Gasteiger partial charge < -0.3 is 9.47 Å². The Hall–Kier alpha value is -1.88. The van der Waals surface area contributed by atoms with Gasteiger partial charge in [0.05, 0.1) is 12.7 Å². The minimum absolute atomic E-state index is 0.0575. The highest BCUT2D eigenvalue weighted by Gasteiger charge is 2.13. The lowest BCUT2D eigenvalue weighted by molar-refractivity contribution is 0.0467. The van der Waals surface area contributed by atoms with Gasteiger partial charge in [-0.3, -0.25) is 0 Å². The molecule has 0 bridgehead atoms. The fourth-order valence-electron chi connectivity index (χ4n) is 1.64. The Labute approximate surface area is 124 Å². The largest absolute Gasteiger partial charge is 0.497 e. The summed E-state index contributed by atoms with van der Waals surface area (Å²) in [5.41, 5.74) is 0.676. The number of ether oxygens (including phenoxy) is 2. The molecule has 0 fully saturated rings. The van der Waals surface area contributed by atoms with E-state index < -0.39 is 11.8 Å². The predicted molar refractivity (Wildman–Crippen MR) is 76.2 cm³/mol. The van der Waals surface area contributed by atoms with Gasteiger partial charge in [-0.2, -0.15) is 0 Å². The van der Waals surface area contributed by atoms with Gasteiger partial charge in [-0.15, -0.1) is 0 Å². The second-order valence-electron chi connectivity index (χ2n) is 4.05. The molecule has 5 heteroatoms. The van der Waals surface area contributed by atoms with Gasteiger partial charge in [0.15, 0.2) is 0 Å². The van der Waals surface area contributed by atoms with Crippen molar-refractivity contribution in [1.29, 1.82) is 0 Å². The van der Waals surface area contributed by atoms with Crippen LogP contribution in [-0.4, -0.2) is 13.1 Å². The van der Waals surface area contributed by atoms with E-state index in [4.69, 9.17) is 9.47 Å². The fraction of sp³-hybridized carbons (Fsp3) is 0.133. The topological polar surface area (TPSA) is 35.5 Å². The smallest absolute Gasteiger partial charge is 0.341 e. The summed E-state index contributed by atoms with van der Waals surface area (Å²) in [6.07, 6.45) is 0. The molecule has 104 valence electrons. The quantitative estimate of drug-likeness (QED) is 0.791. The normalized spacial score (nSPS) is 10.2. The molecular weight excluding hydrogens is 327 g/mol. The van der Waals surface area contributed by atoms with Crippen molar-refractivity contribution >= 4 is 21.9 Å². The van der Waals surface area contributed by atoms with Crippen LogP contribution in [0.3, 0.4) is 0 Å². The lowest BCUT2D eigenvalue weighted by atomic mass is 10.2. The minimum Gasteiger partial charge on any atom is -0.497 e. The molecule has 0 N–H and O–H groups in total. The second-order valence-corrected chi connectivity index (χ2v) is 4.97. The van der Waals surface area contributed by atoms with Gasteiger partial charge in [0.25, 0.3) is 0 Å². The van der Waals surface area contributed by atoms with Crippen molar-refractivity contribution in [2.24, 2.45) is 0 Å². The van der Waals surface area contributed by atoms with Crippen LogP contribution in [0.25, 0.3) is 0 Å².